The summed E-state index contributed by atoms with van der Waals surface area (Å²) in [5.41, 5.74) is 1.47. The van der Waals surface area contributed by atoms with Crippen LogP contribution in [-0.2, 0) is 10.0 Å². The van der Waals surface area contributed by atoms with Crippen LogP contribution in [0.3, 0.4) is 0 Å². The minimum absolute atomic E-state index is 0.0905. The van der Waals surface area contributed by atoms with Crippen LogP contribution < -0.4 is 4.31 Å². The van der Waals surface area contributed by atoms with Gasteiger partial charge >= 0.3 is 0 Å². The summed E-state index contributed by atoms with van der Waals surface area (Å²) >= 11 is 10.2. The SMILES string of the molecule is CN(c1nncs1)S(=O)(=O)c1cccc(Cl)c1Br. The van der Waals surface area contributed by atoms with E-state index in [9.17, 15) is 8.42 Å². The molecular weight excluding hydrogens is 362 g/mol. The third-order valence-electron chi connectivity index (χ3n) is 2.17. The van der Waals surface area contributed by atoms with Gasteiger partial charge in [-0.2, -0.15) is 0 Å². The second-order valence-electron chi connectivity index (χ2n) is 3.25. The molecule has 1 aromatic heterocycles. The Kier molecular flexibility index (Phi) is 3.90. The van der Waals surface area contributed by atoms with E-state index in [-0.39, 0.29) is 4.90 Å². The van der Waals surface area contributed by atoms with Crippen molar-refractivity contribution in [2.75, 3.05) is 11.4 Å². The van der Waals surface area contributed by atoms with E-state index in [0.29, 0.717) is 14.6 Å². The zero-order valence-corrected chi connectivity index (χ0v) is 13.0. The first-order valence-corrected chi connectivity index (χ1v) is 8.13. The molecule has 0 atom stereocenters. The van der Waals surface area contributed by atoms with Gasteiger partial charge in [0, 0.05) is 7.05 Å². The Morgan fingerprint density at radius 3 is 2.78 bits per heavy atom. The molecule has 0 N–H and O–H groups in total. The molecule has 9 heteroatoms. The van der Waals surface area contributed by atoms with Crippen LogP contribution in [-0.4, -0.2) is 25.7 Å². The van der Waals surface area contributed by atoms with Crippen LogP contribution in [0.4, 0.5) is 5.13 Å². The summed E-state index contributed by atoms with van der Waals surface area (Å²) in [5.74, 6) is 0. The molecule has 0 saturated carbocycles. The van der Waals surface area contributed by atoms with Crippen molar-refractivity contribution in [2.45, 2.75) is 4.90 Å². The number of hydrogen-bond acceptors (Lipinski definition) is 5. The number of aromatic nitrogens is 2. The van der Waals surface area contributed by atoms with Crippen molar-refractivity contribution in [3.05, 3.63) is 33.2 Å². The summed E-state index contributed by atoms with van der Waals surface area (Å²) in [7, 11) is -2.29. The monoisotopic (exact) mass is 367 g/mol. The molecule has 18 heavy (non-hydrogen) atoms. The first-order chi connectivity index (χ1) is 8.44. The van der Waals surface area contributed by atoms with Gasteiger partial charge in [-0.05, 0) is 28.1 Å². The maximum absolute atomic E-state index is 12.4. The van der Waals surface area contributed by atoms with E-state index >= 15 is 0 Å². The molecule has 0 spiro atoms. The predicted molar refractivity (Wildman–Crippen MR) is 74.6 cm³/mol. The molecule has 0 unspecified atom stereocenters. The number of halogens is 2. The smallest absolute Gasteiger partial charge is 0.243 e. The molecule has 0 radical (unpaired) electrons. The lowest BCUT2D eigenvalue weighted by Crippen LogP contribution is -2.26. The lowest BCUT2D eigenvalue weighted by atomic mass is 10.4. The summed E-state index contributed by atoms with van der Waals surface area (Å²) in [6.07, 6.45) is 0. The van der Waals surface area contributed by atoms with Gasteiger partial charge in [0.05, 0.1) is 9.50 Å². The number of rotatable bonds is 3. The van der Waals surface area contributed by atoms with Crippen molar-refractivity contribution >= 4 is 54.0 Å². The molecule has 0 aliphatic heterocycles. The fraction of sp³-hybridized carbons (Fsp3) is 0.111. The quantitative estimate of drug-likeness (QED) is 0.835. The molecule has 0 amide bonds. The van der Waals surface area contributed by atoms with E-state index in [1.807, 2.05) is 0 Å². The summed E-state index contributed by atoms with van der Waals surface area (Å²) in [6, 6.07) is 4.66. The number of sulfonamides is 1. The van der Waals surface area contributed by atoms with Gasteiger partial charge in [0.1, 0.15) is 10.4 Å². The maximum Gasteiger partial charge on any atom is 0.267 e. The second-order valence-corrected chi connectivity index (χ2v) is 7.20. The van der Waals surface area contributed by atoms with E-state index in [2.05, 4.69) is 26.1 Å². The topological polar surface area (TPSA) is 63.2 Å². The van der Waals surface area contributed by atoms with Gasteiger partial charge in [-0.3, -0.25) is 0 Å². The molecule has 0 fully saturated rings. The van der Waals surface area contributed by atoms with E-state index in [1.165, 1.54) is 18.6 Å². The van der Waals surface area contributed by atoms with Gasteiger partial charge in [0.15, 0.2) is 0 Å². The summed E-state index contributed by atoms with van der Waals surface area (Å²) in [4.78, 5) is 0.0905. The highest BCUT2D eigenvalue weighted by Crippen LogP contribution is 2.32. The Hall–Kier alpha value is -0.700. The molecular formula is C9H7BrClN3O2S2. The predicted octanol–water partition coefficient (Wildman–Crippen LogP) is 2.78. The third kappa shape index (κ3) is 2.37. The first-order valence-electron chi connectivity index (χ1n) is 4.63. The zero-order chi connectivity index (χ0) is 13.3. The molecule has 0 aliphatic rings. The van der Waals surface area contributed by atoms with Crippen molar-refractivity contribution in [3.63, 3.8) is 0 Å². The number of benzene rings is 1. The maximum atomic E-state index is 12.4. The van der Waals surface area contributed by atoms with Crippen molar-refractivity contribution in [1.82, 2.24) is 10.2 Å². The van der Waals surface area contributed by atoms with Crippen LogP contribution in [0.25, 0.3) is 0 Å². The van der Waals surface area contributed by atoms with Crippen molar-refractivity contribution in [3.8, 4) is 0 Å². The molecule has 5 nitrogen and oxygen atoms in total. The van der Waals surface area contributed by atoms with Gasteiger partial charge < -0.3 is 0 Å². The highest BCUT2D eigenvalue weighted by molar-refractivity contribution is 9.10. The van der Waals surface area contributed by atoms with E-state index in [4.69, 9.17) is 11.6 Å². The number of nitrogens with zero attached hydrogens (tertiary/aromatic N) is 3. The summed E-state index contributed by atoms with van der Waals surface area (Å²) in [5, 5.41) is 7.97. The third-order valence-corrected chi connectivity index (χ3v) is 6.50. The molecule has 1 aromatic carbocycles. The first kappa shape index (κ1) is 13.7. The molecule has 0 bridgehead atoms. The Morgan fingerprint density at radius 1 is 1.44 bits per heavy atom. The fourth-order valence-electron chi connectivity index (χ4n) is 1.24. The molecule has 1 heterocycles. The van der Waals surface area contributed by atoms with E-state index in [1.54, 1.807) is 12.1 Å². The standard InChI is InChI=1S/C9H7BrClN3O2S2/c1-14(9-13-12-5-17-9)18(15,16)7-4-2-3-6(11)8(7)10/h2-5H,1H3. The summed E-state index contributed by atoms with van der Waals surface area (Å²) < 4.78 is 26.2. The zero-order valence-electron chi connectivity index (χ0n) is 9.04. The average molecular weight is 369 g/mol. The Labute approximate surface area is 122 Å². The van der Waals surface area contributed by atoms with Crippen molar-refractivity contribution in [1.29, 1.82) is 0 Å². The van der Waals surface area contributed by atoms with Gasteiger partial charge in [-0.25, -0.2) is 12.7 Å². The highest BCUT2D eigenvalue weighted by Gasteiger charge is 2.26. The molecule has 2 aromatic rings. The minimum atomic E-state index is -3.71. The number of anilines is 1. The van der Waals surface area contributed by atoms with Gasteiger partial charge in [-0.15, -0.1) is 10.2 Å². The Morgan fingerprint density at radius 2 is 2.17 bits per heavy atom. The molecule has 96 valence electrons. The van der Waals surface area contributed by atoms with Gasteiger partial charge in [0.2, 0.25) is 5.13 Å². The van der Waals surface area contributed by atoms with Gasteiger partial charge in [-0.1, -0.05) is 29.0 Å². The van der Waals surface area contributed by atoms with Crippen LogP contribution in [0, 0.1) is 0 Å². The second kappa shape index (κ2) is 5.12. The molecule has 0 saturated heterocycles. The lowest BCUT2D eigenvalue weighted by Gasteiger charge is -2.16. The lowest BCUT2D eigenvalue weighted by molar-refractivity contribution is 0.593. The van der Waals surface area contributed by atoms with Gasteiger partial charge in [0.25, 0.3) is 10.0 Å². The van der Waals surface area contributed by atoms with Crippen LogP contribution in [0.5, 0.6) is 0 Å². The molecule has 2 rings (SSSR count). The van der Waals surface area contributed by atoms with Crippen molar-refractivity contribution in [2.24, 2.45) is 0 Å². The summed E-state index contributed by atoms with van der Waals surface area (Å²) in [6.45, 7) is 0. The van der Waals surface area contributed by atoms with E-state index in [0.717, 1.165) is 15.6 Å². The fourth-order valence-corrected chi connectivity index (χ4v) is 4.33. The van der Waals surface area contributed by atoms with E-state index < -0.39 is 10.0 Å². The van der Waals surface area contributed by atoms with Crippen LogP contribution in [0.2, 0.25) is 5.02 Å². The number of hydrogen-bond donors (Lipinski definition) is 0. The highest BCUT2D eigenvalue weighted by atomic mass is 79.9. The molecule has 0 aliphatic carbocycles. The van der Waals surface area contributed by atoms with Crippen LogP contribution in [0.1, 0.15) is 0 Å². The van der Waals surface area contributed by atoms with Crippen LogP contribution >= 0.6 is 38.9 Å². The van der Waals surface area contributed by atoms with Crippen molar-refractivity contribution < 1.29 is 8.42 Å². The Balaban J connectivity index is 2.52. The normalized spacial score (nSPS) is 11.5. The van der Waals surface area contributed by atoms with Crippen LogP contribution in [0.15, 0.2) is 33.1 Å². The minimum Gasteiger partial charge on any atom is -0.243 e. The Bertz CT molecular complexity index is 660. The largest absolute Gasteiger partial charge is 0.267 e. The average Bonchev–Trinajstić information content (AvgIpc) is 2.85.